The highest BCUT2D eigenvalue weighted by atomic mass is 32.2. The minimum atomic E-state index is -1.15. The number of carbonyl (C=O) groups excluding carboxylic acids is 4. The molecule has 0 aliphatic carbocycles. The molecule has 171 valence electrons. The monoisotopic (exact) mass is 468 g/mol. The Morgan fingerprint density at radius 1 is 1.35 bits per heavy atom. The van der Waals surface area contributed by atoms with E-state index in [2.05, 4.69) is 16.7 Å². The molecule has 11 heteroatoms. The number of nitrogens with zero attached hydrogens (tertiary/aromatic N) is 2. The third kappa shape index (κ3) is 7.24. The van der Waals surface area contributed by atoms with Gasteiger partial charge < -0.3 is 20.0 Å². The summed E-state index contributed by atoms with van der Waals surface area (Å²) in [4.78, 5) is 52.4. The molecule has 1 aliphatic heterocycles. The highest BCUT2D eigenvalue weighted by Crippen LogP contribution is 2.41. The molecular weight excluding hydrogens is 438 g/mol. The number of ether oxygens (including phenoxy) is 1. The van der Waals surface area contributed by atoms with Crippen LogP contribution in [0.2, 0.25) is 13.1 Å². The Bertz CT molecular complexity index is 788. The Kier molecular flexibility index (Phi) is 10.0. The van der Waals surface area contributed by atoms with Crippen LogP contribution in [0.15, 0.2) is 12.7 Å². The lowest BCUT2D eigenvalue weighted by Crippen LogP contribution is -2.68. The number of hydrogen-bond acceptors (Lipinski definition) is 7. The van der Waals surface area contributed by atoms with Gasteiger partial charge in [0, 0.05) is 13.5 Å². The SMILES string of the molecule is C=CCOC(=O)C(=[N+]=[N-])C(=O)[C@H](SC(C)=O)[C@H]1NC(=O)[C@H]1[C@@H](CO[Si](C)C)C(C)(C)C. The number of Topliss-reactive ketones (excluding diaryl/α,β-unsaturated/α-hetero) is 1. The Balaban J connectivity index is 3.27. The van der Waals surface area contributed by atoms with Crippen molar-refractivity contribution in [3.8, 4) is 0 Å². The van der Waals surface area contributed by atoms with Crippen molar-refractivity contribution in [2.24, 2.45) is 17.3 Å². The van der Waals surface area contributed by atoms with Crippen molar-refractivity contribution >= 4 is 49.3 Å². The van der Waals surface area contributed by atoms with Gasteiger partial charge in [0.15, 0.2) is 5.12 Å². The van der Waals surface area contributed by atoms with Crippen LogP contribution in [-0.4, -0.2) is 66.8 Å². The van der Waals surface area contributed by atoms with Gasteiger partial charge >= 0.3 is 11.7 Å². The van der Waals surface area contributed by atoms with Crippen molar-refractivity contribution in [3.05, 3.63) is 18.2 Å². The normalized spacial score (nSPS) is 20.0. The predicted molar refractivity (Wildman–Crippen MR) is 119 cm³/mol. The molecule has 1 aliphatic rings. The van der Waals surface area contributed by atoms with Gasteiger partial charge in [-0.15, -0.1) is 0 Å². The maximum absolute atomic E-state index is 13.1. The van der Waals surface area contributed by atoms with E-state index in [9.17, 15) is 24.7 Å². The largest absolute Gasteiger partial charge is 0.453 e. The Labute approximate surface area is 188 Å². The molecule has 0 aromatic rings. The minimum Gasteiger partial charge on any atom is -0.453 e. The standard InChI is InChI=1S/C20H30N3O6SSi/c1-8-9-28-19(27)15(23-21)16(25)17(30-11(2)24)14-13(18(26)22-14)12(20(3,4)5)10-29-31(6)7/h8,12-14,17H,1,9-10H2,2-7H3,(H,22,26)/t12-,13+,14+,17-/m1/s1. The molecule has 1 heterocycles. The molecule has 1 N–H and O–H groups in total. The van der Waals surface area contributed by atoms with Crippen LogP contribution in [-0.2, 0) is 28.3 Å². The molecule has 1 rings (SSSR count). The smallest absolute Gasteiger partial charge is 0.442 e. The molecule has 0 unspecified atom stereocenters. The third-order valence-corrected chi connectivity index (χ3v) is 6.67. The first-order chi connectivity index (χ1) is 14.3. The Hall–Kier alpha value is -2.07. The van der Waals surface area contributed by atoms with Gasteiger partial charge in [-0.3, -0.25) is 14.4 Å². The average Bonchev–Trinajstić information content (AvgIpc) is 2.64. The van der Waals surface area contributed by atoms with Gasteiger partial charge in [0.1, 0.15) is 11.9 Å². The molecule has 1 amide bonds. The molecule has 1 saturated heterocycles. The zero-order valence-electron chi connectivity index (χ0n) is 18.8. The van der Waals surface area contributed by atoms with Crippen LogP contribution < -0.4 is 5.32 Å². The van der Waals surface area contributed by atoms with Crippen molar-refractivity contribution in [1.29, 1.82) is 0 Å². The summed E-state index contributed by atoms with van der Waals surface area (Å²) in [7, 11) is -1.01. The maximum atomic E-state index is 13.1. The number of carbonyl (C=O) groups is 4. The fourth-order valence-corrected chi connectivity index (χ4v) is 4.73. The molecule has 0 saturated carbocycles. The number of ketones is 1. The van der Waals surface area contributed by atoms with Crippen LogP contribution >= 0.6 is 11.8 Å². The molecule has 9 nitrogen and oxygen atoms in total. The molecule has 4 atom stereocenters. The van der Waals surface area contributed by atoms with Crippen LogP contribution in [0.25, 0.3) is 5.53 Å². The topological polar surface area (TPSA) is 135 Å². The number of amides is 1. The van der Waals surface area contributed by atoms with E-state index in [1.807, 2.05) is 33.9 Å². The maximum Gasteiger partial charge on any atom is 0.442 e. The summed E-state index contributed by atoms with van der Waals surface area (Å²) in [5, 5.41) is 1.16. The van der Waals surface area contributed by atoms with Crippen LogP contribution in [0.1, 0.15) is 27.7 Å². The first-order valence-corrected chi connectivity index (χ1v) is 13.1. The number of hydrogen-bond donors (Lipinski definition) is 1. The average molecular weight is 469 g/mol. The second-order valence-electron chi connectivity index (χ2n) is 8.48. The minimum absolute atomic E-state index is 0.181. The second kappa shape index (κ2) is 11.5. The molecule has 1 radical (unpaired) electrons. The van der Waals surface area contributed by atoms with Crippen molar-refractivity contribution in [2.45, 2.75) is 52.1 Å². The Morgan fingerprint density at radius 3 is 2.39 bits per heavy atom. The van der Waals surface area contributed by atoms with E-state index in [0.717, 1.165) is 0 Å². The van der Waals surface area contributed by atoms with Crippen molar-refractivity contribution in [2.75, 3.05) is 13.2 Å². The number of nitrogens with one attached hydrogen (secondary N) is 1. The summed E-state index contributed by atoms with van der Waals surface area (Å²) in [6.45, 7) is 14.7. The molecule has 0 aromatic carbocycles. The van der Waals surface area contributed by atoms with Gasteiger partial charge in [-0.05, 0) is 24.4 Å². The van der Waals surface area contributed by atoms with E-state index < -0.39 is 43.7 Å². The van der Waals surface area contributed by atoms with Gasteiger partial charge in [-0.1, -0.05) is 45.2 Å². The van der Waals surface area contributed by atoms with Crippen LogP contribution in [0.5, 0.6) is 0 Å². The van der Waals surface area contributed by atoms with E-state index in [-0.39, 0.29) is 29.0 Å². The fourth-order valence-electron chi connectivity index (χ4n) is 3.26. The molecule has 1 fully saturated rings. The van der Waals surface area contributed by atoms with Crippen LogP contribution in [0.4, 0.5) is 0 Å². The van der Waals surface area contributed by atoms with Gasteiger partial charge in [0.2, 0.25) is 14.9 Å². The van der Waals surface area contributed by atoms with Crippen LogP contribution in [0, 0.1) is 17.3 Å². The van der Waals surface area contributed by atoms with E-state index in [4.69, 9.17) is 9.16 Å². The lowest BCUT2D eigenvalue weighted by atomic mass is 9.66. The zero-order valence-corrected chi connectivity index (χ0v) is 20.6. The van der Waals surface area contributed by atoms with Crippen molar-refractivity contribution < 1.29 is 33.1 Å². The first-order valence-electron chi connectivity index (χ1n) is 9.79. The summed E-state index contributed by atoms with van der Waals surface area (Å²) in [6.07, 6.45) is 1.30. The lowest BCUT2D eigenvalue weighted by molar-refractivity contribution is -0.144. The number of esters is 1. The van der Waals surface area contributed by atoms with E-state index in [1.54, 1.807) is 0 Å². The number of β-lactam (4-membered cyclic amide) rings is 1. The summed E-state index contributed by atoms with van der Waals surface area (Å²) >= 11 is 0.677. The van der Waals surface area contributed by atoms with Gasteiger partial charge in [-0.25, -0.2) is 4.79 Å². The van der Waals surface area contributed by atoms with Crippen molar-refractivity contribution in [3.63, 3.8) is 0 Å². The molecular formula is C20H30N3O6SSi. The molecule has 31 heavy (non-hydrogen) atoms. The molecule has 0 spiro atoms. The first kappa shape index (κ1) is 27.0. The predicted octanol–water partition coefficient (Wildman–Crippen LogP) is 1.65. The number of rotatable bonds is 11. The van der Waals surface area contributed by atoms with E-state index >= 15 is 0 Å². The van der Waals surface area contributed by atoms with Gasteiger partial charge in [-0.2, -0.15) is 4.79 Å². The third-order valence-electron chi connectivity index (χ3n) is 4.83. The molecule has 0 aromatic heterocycles. The van der Waals surface area contributed by atoms with E-state index in [1.165, 1.54) is 13.0 Å². The quantitative estimate of drug-likeness (QED) is 0.0712. The van der Waals surface area contributed by atoms with Crippen molar-refractivity contribution in [1.82, 2.24) is 5.32 Å². The second-order valence-corrected chi connectivity index (χ2v) is 11.9. The highest BCUT2D eigenvalue weighted by molar-refractivity contribution is 8.14. The number of thioether (sulfide) groups is 1. The Morgan fingerprint density at radius 2 is 1.97 bits per heavy atom. The lowest BCUT2D eigenvalue weighted by Gasteiger charge is -2.48. The fraction of sp³-hybridized carbons (Fsp3) is 0.650. The van der Waals surface area contributed by atoms with E-state index in [0.29, 0.717) is 18.4 Å². The highest BCUT2D eigenvalue weighted by Gasteiger charge is 2.55. The summed E-state index contributed by atoms with van der Waals surface area (Å²) in [5.41, 5.74) is 8.10. The van der Waals surface area contributed by atoms with Gasteiger partial charge in [0.25, 0.3) is 5.78 Å². The zero-order chi connectivity index (χ0) is 23.9. The summed E-state index contributed by atoms with van der Waals surface area (Å²) in [6, 6.07) is -0.741. The summed E-state index contributed by atoms with van der Waals surface area (Å²) < 4.78 is 10.7. The molecule has 0 bridgehead atoms. The summed E-state index contributed by atoms with van der Waals surface area (Å²) in [5.74, 6) is -3.14. The van der Waals surface area contributed by atoms with Gasteiger partial charge in [0.05, 0.1) is 12.0 Å². The van der Waals surface area contributed by atoms with Crippen LogP contribution in [0.3, 0.4) is 0 Å².